The summed E-state index contributed by atoms with van der Waals surface area (Å²) < 4.78 is 5.40. The van der Waals surface area contributed by atoms with Crippen molar-refractivity contribution in [2.75, 3.05) is 6.61 Å². The van der Waals surface area contributed by atoms with Gasteiger partial charge in [-0.3, -0.25) is 9.59 Å². The molecule has 0 saturated carbocycles. The van der Waals surface area contributed by atoms with Crippen LogP contribution in [0.2, 0.25) is 0 Å². The van der Waals surface area contributed by atoms with E-state index in [9.17, 15) is 9.59 Å². The molecule has 1 aromatic carbocycles. The largest absolute Gasteiger partial charge is 0.494 e. The molecule has 0 aliphatic heterocycles. The van der Waals surface area contributed by atoms with E-state index in [0.717, 1.165) is 6.42 Å². The number of carbonyl (C=O) groups is 2. The molecule has 2 N–H and O–H groups in total. The van der Waals surface area contributed by atoms with Gasteiger partial charge in [0.25, 0.3) is 5.91 Å². The zero-order valence-corrected chi connectivity index (χ0v) is 10.5. The van der Waals surface area contributed by atoms with Gasteiger partial charge in [0.1, 0.15) is 11.8 Å². The number of carboxylic acids is 1. The van der Waals surface area contributed by atoms with Crippen molar-refractivity contribution >= 4 is 11.9 Å². The van der Waals surface area contributed by atoms with E-state index in [0.29, 0.717) is 17.9 Å². The quantitative estimate of drug-likeness (QED) is 0.806. The Bertz CT molecular complexity index is 431. The molecule has 0 radical (unpaired) electrons. The van der Waals surface area contributed by atoms with Crippen LogP contribution < -0.4 is 10.1 Å². The van der Waals surface area contributed by atoms with Crippen molar-refractivity contribution in [3.63, 3.8) is 0 Å². The van der Waals surface area contributed by atoms with Crippen molar-refractivity contribution in [2.24, 2.45) is 0 Å². The number of benzene rings is 1. The Morgan fingerprint density at radius 2 is 2.17 bits per heavy atom. The molecule has 1 atom stereocenters. The van der Waals surface area contributed by atoms with Crippen LogP contribution in [-0.4, -0.2) is 29.6 Å². The first-order valence-corrected chi connectivity index (χ1v) is 5.81. The zero-order chi connectivity index (χ0) is 13.5. The number of ether oxygens (including phenoxy) is 1. The minimum absolute atomic E-state index is 0.386. The minimum Gasteiger partial charge on any atom is -0.494 e. The molecule has 0 aliphatic carbocycles. The van der Waals surface area contributed by atoms with Crippen LogP contribution in [0.1, 0.15) is 30.6 Å². The second-order valence-corrected chi connectivity index (χ2v) is 3.91. The topological polar surface area (TPSA) is 75.6 Å². The second-order valence-electron chi connectivity index (χ2n) is 3.91. The highest BCUT2D eigenvalue weighted by Gasteiger charge is 2.15. The summed E-state index contributed by atoms with van der Waals surface area (Å²) >= 11 is 0. The van der Waals surface area contributed by atoms with Gasteiger partial charge in [0.2, 0.25) is 0 Å². The van der Waals surface area contributed by atoms with E-state index < -0.39 is 17.9 Å². The van der Waals surface area contributed by atoms with Gasteiger partial charge in [-0.05, 0) is 31.5 Å². The molecule has 1 rings (SSSR count). The minimum atomic E-state index is -1.07. The van der Waals surface area contributed by atoms with E-state index in [2.05, 4.69) is 5.32 Å². The summed E-state index contributed by atoms with van der Waals surface area (Å²) in [5, 5.41) is 11.1. The zero-order valence-electron chi connectivity index (χ0n) is 10.5. The van der Waals surface area contributed by atoms with Crippen LogP contribution in [0.5, 0.6) is 5.75 Å². The van der Waals surface area contributed by atoms with Gasteiger partial charge in [-0.1, -0.05) is 13.0 Å². The number of aliphatic carboxylic acids is 1. The number of amides is 1. The molecular weight excluding hydrogens is 234 g/mol. The summed E-state index contributed by atoms with van der Waals surface area (Å²) in [5.41, 5.74) is 0.386. The molecular formula is C13H17NO4. The van der Waals surface area contributed by atoms with E-state index in [-0.39, 0.29) is 0 Å². The van der Waals surface area contributed by atoms with Gasteiger partial charge in [0.15, 0.2) is 0 Å². The van der Waals surface area contributed by atoms with Gasteiger partial charge in [0, 0.05) is 5.56 Å². The highest BCUT2D eigenvalue weighted by Crippen LogP contribution is 2.13. The Morgan fingerprint density at radius 1 is 1.44 bits per heavy atom. The van der Waals surface area contributed by atoms with Crippen LogP contribution in [0.3, 0.4) is 0 Å². The first-order chi connectivity index (χ1) is 8.54. The first-order valence-electron chi connectivity index (χ1n) is 5.81. The maximum atomic E-state index is 11.8. The average Bonchev–Trinajstić information content (AvgIpc) is 2.36. The number of carbonyl (C=O) groups excluding carboxylic acids is 1. The number of rotatable bonds is 6. The maximum absolute atomic E-state index is 11.8. The standard InChI is InChI=1S/C13H17NO4/c1-3-7-18-11-6-4-5-10(8-11)12(15)14-9(2)13(16)17/h4-6,8-9H,3,7H2,1-2H3,(H,14,15)(H,16,17). The lowest BCUT2D eigenvalue weighted by Crippen LogP contribution is -2.38. The van der Waals surface area contributed by atoms with E-state index in [1.165, 1.54) is 6.92 Å². The molecule has 0 aromatic heterocycles. The van der Waals surface area contributed by atoms with E-state index in [1.807, 2.05) is 6.92 Å². The fourth-order valence-electron chi connectivity index (χ4n) is 1.29. The Labute approximate surface area is 106 Å². The van der Waals surface area contributed by atoms with E-state index in [4.69, 9.17) is 9.84 Å². The number of carboxylic acid groups (broad SMARTS) is 1. The van der Waals surface area contributed by atoms with Gasteiger partial charge in [0.05, 0.1) is 6.61 Å². The average molecular weight is 251 g/mol. The fourth-order valence-corrected chi connectivity index (χ4v) is 1.29. The van der Waals surface area contributed by atoms with Crippen molar-refractivity contribution in [2.45, 2.75) is 26.3 Å². The van der Waals surface area contributed by atoms with Gasteiger partial charge < -0.3 is 15.2 Å². The molecule has 0 bridgehead atoms. The molecule has 0 saturated heterocycles. The molecule has 1 amide bonds. The lowest BCUT2D eigenvalue weighted by atomic mass is 10.2. The van der Waals surface area contributed by atoms with Crippen molar-refractivity contribution in [1.29, 1.82) is 0 Å². The highest BCUT2D eigenvalue weighted by molar-refractivity contribution is 5.96. The van der Waals surface area contributed by atoms with Gasteiger partial charge >= 0.3 is 5.97 Å². The molecule has 5 nitrogen and oxygen atoms in total. The smallest absolute Gasteiger partial charge is 0.325 e. The lowest BCUT2D eigenvalue weighted by Gasteiger charge is -2.10. The molecule has 18 heavy (non-hydrogen) atoms. The number of nitrogens with one attached hydrogen (secondary N) is 1. The normalized spacial score (nSPS) is 11.7. The summed E-state index contributed by atoms with van der Waals surface area (Å²) in [6.45, 7) is 3.99. The van der Waals surface area contributed by atoms with Crippen LogP contribution in [-0.2, 0) is 4.79 Å². The Hall–Kier alpha value is -2.04. The fraction of sp³-hybridized carbons (Fsp3) is 0.385. The SMILES string of the molecule is CCCOc1cccc(C(=O)NC(C)C(=O)O)c1. The van der Waals surface area contributed by atoms with Crippen LogP contribution >= 0.6 is 0 Å². The van der Waals surface area contributed by atoms with Crippen LogP contribution in [0.25, 0.3) is 0 Å². The van der Waals surface area contributed by atoms with Crippen LogP contribution in [0.4, 0.5) is 0 Å². The molecule has 5 heteroatoms. The Morgan fingerprint density at radius 3 is 2.78 bits per heavy atom. The summed E-state index contributed by atoms with van der Waals surface area (Å²) in [4.78, 5) is 22.4. The Kier molecular flexibility index (Phi) is 5.17. The van der Waals surface area contributed by atoms with E-state index in [1.54, 1.807) is 24.3 Å². The Balaban J connectivity index is 2.70. The molecule has 1 unspecified atom stereocenters. The molecule has 0 fully saturated rings. The monoisotopic (exact) mass is 251 g/mol. The predicted molar refractivity (Wildman–Crippen MR) is 66.8 cm³/mol. The summed E-state index contributed by atoms with van der Waals surface area (Å²) in [5.74, 6) is -0.888. The summed E-state index contributed by atoms with van der Waals surface area (Å²) in [7, 11) is 0. The lowest BCUT2D eigenvalue weighted by molar-refractivity contribution is -0.138. The van der Waals surface area contributed by atoms with Crippen molar-refractivity contribution in [1.82, 2.24) is 5.32 Å². The van der Waals surface area contributed by atoms with Gasteiger partial charge in [-0.15, -0.1) is 0 Å². The summed E-state index contributed by atoms with van der Waals surface area (Å²) in [6, 6.07) is 5.75. The van der Waals surface area contributed by atoms with Crippen LogP contribution in [0.15, 0.2) is 24.3 Å². The number of hydrogen-bond acceptors (Lipinski definition) is 3. The molecule has 0 aliphatic rings. The molecule has 1 aromatic rings. The molecule has 0 spiro atoms. The first kappa shape index (κ1) is 14.0. The maximum Gasteiger partial charge on any atom is 0.325 e. The molecule has 98 valence electrons. The number of hydrogen-bond donors (Lipinski definition) is 2. The van der Waals surface area contributed by atoms with Gasteiger partial charge in [-0.2, -0.15) is 0 Å². The third kappa shape index (κ3) is 4.08. The molecule has 0 heterocycles. The third-order valence-corrected chi connectivity index (χ3v) is 2.29. The van der Waals surface area contributed by atoms with Crippen molar-refractivity contribution in [3.8, 4) is 5.75 Å². The van der Waals surface area contributed by atoms with Crippen molar-refractivity contribution < 1.29 is 19.4 Å². The third-order valence-electron chi connectivity index (χ3n) is 2.29. The highest BCUT2D eigenvalue weighted by atomic mass is 16.5. The predicted octanol–water partition coefficient (Wildman–Crippen LogP) is 1.68. The summed E-state index contributed by atoms with van der Waals surface area (Å²) in [6.07, 6.45) is 0.881. The van der Waals surface area contributed by atoms with E-state index >= 15 is 0 Å². The van der Waals surface area contributed by atoms with Crippen molar-refractivity contribution in [3.05, 3.63) is 29.8 Å². The second kappa shape index (κ2) is 6.64. The van der Waals surface area contributed by atoms with Crippen LogP contribution in [0, 0.1) is 0 Å². The van der Waals surface area contributed by atoms with Gasteiger partial charge in [-0.25, -0.2) is 0 Å².